The minimum atomic E-state index is -3.44. The van der Waals surface area contributed by atoms with Crippen LogP contribution in [0.15, 0.2) is 46.0 Å². The molecule has 0 atom stereocenters. The molecule has 0 spiro atoms. The molecular weight excluding hydrogens is 332 g/mol. The van der Waals surface area contributed by atoms with Crippen LogP contribution in [0.3, 0.4) is 0 Å². The maximum Gasteiger partial charge on any atom is 0.252 e. The Balaban J connectivity index is 2.04. The number of carbonyl (C=O) groups is 1. The Bertz CT molecular complexity index is 734. The second-order valence-corrected chi connectivity index (χ2v) is 7.65. The summed E-state index contributed by atoms with van der Waals surface area (Å²) in [5, 5.41) is 6.45. The summed E-state index contributed by atoms with van der Waals surface area (Å²) in [6.45, 7) is 4.87. The summed E-state index contributed by atoms with van der Waals surface area (Å²) in [5.74, 6) is -0.133. The van der Waals surface area contributed by atoms with Crippen LogP contribution in [-0.4, -0.2) is 31.7 Å². The number of thiophene rings is 1. The Labute approximate surface area is 141 Å². The molecule has 23 heavy (non-hydrogen) atoms. The second-order valence-electron chi connectivity index (χ2n) is 4.93. The van der Waals surface area contributed by atoms with Gasteiger partial charge in [-0.05, 0) is 29.1 Å². The average molecular weight is 352 g/mol. The van der Waals surface area contributed by atoms with Gasteiger partial charge in [-0.3, -0.25) is 4.79 Å². The van der Waals surface area contributed by atoms with E-state index in [4.69, 9.17) is 0 Å². The van der Waals surface area contributed by atoms with Gasteiger partial charge in [0.05, 0.1) is 4.90 Å². The predicted octanol–water partition coefficient (Wildman–Crippen LogP) is 2.71. The van der Waals surface area contributed by atoms with Crippen LogP contribution >= 0.6 is 11.3 Å². The van der Waals surface area contributed by atoms with Crippen molar-refractivity contribution in [3.8, 4) is 0 Å². The highest BCUT2D eigenvalue weighted by molar-refractivity contribution is 7.89. The van der Waals surface area contributed by atoms with E-state index in [-0.39, 0.29) is 10.8 Å². The summed E-state index contributed by atoms with van der Waals surface area (Å²) in [5.41, 5.74) is 1.49. The third kappa shape index (κ3) is 4.19. The number of benzene rings is 1. The van der Waals surface area contributed by atoms with Crippen LogP contribution in [-0.2, 0) is 16.6 Å². The SMILES string of the molecule is CCN(CC)S(=O)(=O)c1ccc(CNC(=O)c2ccsc2)cc1. The van der Waals surface area contributed by atoms with E-state index in [1.807, 2.05) is 19.2 Å². The lowest BCUT2D eigenvalue weighted by atomic mass is 10.2. The van der Waals surface area contributed by atoms with E-state index < -0.39 is 10.0 Å². The molecule has 1 N–H and O–H groups in total. The maximum absolute atomic E-state index is 12.4. The van der Waals surface area contributed by atoms with E-state index in [2.05, 4.69) is 5.32 Å². The molecule has 0 aliphatic carbocycles. The Kier molecular flexibility index (Phi) is 5.92. The minimum Gasteiger partial charge on any atom is -0.348 e. The molecule has 5 nitrogen and oxygen atoms in total. The summed E-state index contributed by atoms with van der Waals surface area (Å²) >= 11 is 1.47. The smallest absolute Gasteiger partial charge is 0.252 e. The van der Waals surface area contributed by atoms with Crippen LogP contribution in [0, 0.1) is 0 Å². The fraction of sp³-hybridized carbons (Fsp3) is 0.312. The van der Waals surface area contributed by atoms with Gasteiger partial charge in [-0.1, -0.05) is 26.0 Å². The lowest BCUT2D eigenvalue weighted by Crippen LogP contribution is -2.30. The fourth-order valence-corrected chi connectivity index (χ4v) is 4.26. The minimum absolute atomic E-state index is 0.133. The molecule has 1 aromatic heterocycles. The van der Waals surface area contributed by atoms with E-state index in [1.54, 1.807) is 35.7 Å². The fourth-order valence-electron chi connectivity index (χ4n) is 2.17. The molecule has 1 aromatic carbocycles. The Morgan fingerprint density at radius 3 is 2.30 bits per heavy atom. The quantitative estimate of drug-likeness (QED) is 0.833. The average Bonchev–Trinajstić information content (AvgIpc) is 3.08. The first-order valence-corrected chi connectivity index (χ1v) is 9.76. The van der Waals surface area contributed by atoms with Crippen LogP contribution in [0.2, 0.25) is 0 Å². The summed E-state index contributed by atoms with van der Waals surface area (Å²) in [6.07, 6.45) is 0. The van der Waals surface area contributed by atoms with Crippen molar-refractivity contribution in [2.75, 3.05) is 13.1 Å². The van der Waals surface area contributed by atoms with Crippen molar-refractivity contribution < 1.29 is 13.2 Å². The number of hydrogen-bond donors (Lipinski definition) is 1. The molecule has 7 heteroatoms. The molecule has 0 bridgehead atoms. The lowest BCUT2D eigenvalue weighted by Gasteiger charge is -2.18. The number of hydrogen-bond acceptors (Lipinski definition) is 4. The number of sulfonamides is 1. The van der Waals surface area contributed by atoms with Gasteiger partial charge in [-0.2, -0.15) is 15.6 Å². The summed E-state index contributed by atoms with van der Waals surface area (Å²) in [6, 6.07) is 8.38. The number of nitrogens with one attached hydrogen (secondary N) is 1. The van der Waals surface area contributed by atoms with Crippen LogP contribution in [0.5, 0.6) is 0 Å². The molecule has 0 radical (unpaired) electrons. The normalized spacial score (nSPS) is 11.6. The first kappa shape index (κ1) is 17.7. The Morgan fingerprint density at radius 1 is 1.13 bits per heavy atom. The summed E-state index contributed by atoms with van der Waals surface area (Å²) in [4.78, 5) is 12.1. The van der Waals surface area contributed by atoms with Crippen molar-refractivity contribution >= 4 is 27.3 Å². The van der Waals surface area contributed by atoms with Gasteiger partial charge in [0.25, 0.3) is 5.91 Å². The molecule has 2 rings (SSSR count). The first-order valence-electron chi connectivity index (χ1n) is 7.38. The Morgan fingerprint density at radius 2 is 1.78 bits per heavy atom. The molecule has 0 saturated heterocycles. The van der Waals surface area contributed by atoms with Crippen molar-refractivity contribution in [3.63, 3.8) is 0 Å². The van der Waals surface area contributed by atoms with Crippen LogP contribution < -0.4 is 5.32 Å². The highest BCUT2D eigenvalue weighted by Crippen LogP contribution is 2.16. The van der Waals surface area contributed by atoms with Crippen molar-refractivity contribution in [3.05, 3.63) is 52.2 Å². The van der Waals surface area contributed by atoms with E-state index in [0.29, 0.717) is 25.2 Å². The van der Waals surface area contributed by atoms with Gasteiger partial charge in [0, 0.05) is 30.6 Å². The van der Waals surface area contributed by atoms with Crippen molar-refractivity contribution in [2.45, 2.75) is 25.3 Å². The number of rotatable bonds is 7. The predicted molar refractivity (Wildman–Crippen MR) is 92.0 cm³/mol. The molecule has 1 heterocycles. The zero-order valence-corrected chi connectivity index (χ0v) is 14.8. The topological polar surface area (TPSA) is 66.5 Å². The second kappa shape index (κ2) is 7.72. The molecular formula is C16H20N2O3S2. The third-order valence-corrected chi connectivity index (χ3v) is 6.25. The highest BCUT2D eigenvalue weighted by atomic mass is 32.2. The maximum atomic E-state index is 12.4. The summed E-state index contributed by atoms with van der Waals surface area (Å²) < 4.78 is 26.2. The standard InChI is InChI=1S/C16H20N2O3S2/c1-3-18(4-2)23(20,21)15-7-5-13(6-8-15)11-17-16(19)14-9-10-22-12-14/h5-10,12H,3-4,11H2,1-2H3,(H,17,19). The van der Waals surface area contributed by atoms with Gasteiger partial charge >= 0.3 is 0 Å². The number of carbonyl (C=O) groups excluding carboxylic acids is 1. The van der Waals surface area contributed by atoms with Crippen LogP contribution in [0.4, 0.5) is 0 Å². The first-order chi connectivity index (χ1) is 11.0. The van der Waals surface area contributed by atoms with Crippen molar-refractivity contribution in [1.82, 2.24) is 9.62 Å². The largest absolute Gasteiger partial charge is 0.348 e. The molecule has 0 saturated carbocycles. The zero-order chi connectivity index (χ0) is 16.9. The van der Waals surface area contributed by atoms with E-state index in [9.17, 15) is 13.2 Å². The number of amides is 1. The number of nitrogens with zero attached hydrogens (tertiary/aromatic N) is 1. The highest BCUT2D eigenvalue weighted by Gasteiger charge is 2.21. The third-order valence-electron chi connectivity index (χ3n) is 3.50. The van der Waals surface area contributed by atoms with Crippen LogP contribution in [0.1, 0.15) is 29.8 Å². The van der Waals surface area contributed by atoms with Gasteiger partial charge in [-0.15, -0.1) is 0 Å². The van der Waals surface area contributed by atoms with Crippen molar-refractivity contribution in [2.24, 2.45) is 0 Å². The molecule has 0 unspecified atom stereocenters. The lowest BCUT2D eigenvalue weighted by molar-refractivity contribution is 0.0951. The monoisotopic (exact) mass is 352 g/mol. The molecule has 0 aliphatic rings. The molecule has 124 valence electrons. The van der Waals surface area contributed by atoms with Gasteiger partial charge in [0.1, 0.15) is 0 Å². The molecule has 0 fully saturated rings. The molecule has 1 amide bonds. The van der Waals surface area contributed by atoms with E-state index >= 15 is 0 Å². The van der Waals surface area contributed by atoms with Gasteiger partial charge in [0.15, 0.2) is 0 Å². The molecule has 0 aliphatic heterocycles. The Hall–Kier alpha value is -1.70. The van der Waals surface area contributed by atoms with Crippen molar-refractivity contribution in [1.29, 1.82) is 0 Å². The zero-order valence-electron chi connectivity index (χ0n) is 13.2. The van der Waals surface area contributed by atoms with E-state index in [0.717, 1.165) is 5.56 Å². The summed E-state index contributed by atoms with van der Waals surface area (Å²) in [7, 11) is -3.44. The van der Waals surface area contributed by atoms with Gasteiger partial charge < -0.3 is 5.32 Å². The van der Waals surface area contributed by atoms with Gasteiger partial charge in [-0.25, -0.2) is 8.42 Å². The van der Waals surface area contributed by atoms with Gasteiger partial charge in [0.2, 0.25) is 10.0 Å². The van der Waals surface area contributed by atoms with Crippen LogP contribution in [0.25, 0.3) is 0 Å². The van der Waals surface area contributed by atoms with E-state index in [1.165, 1.54) is 15.6 Å². The molecule has 2 aromatic rings.